The van der Waals surface area contributed by atoms with Crippen molar-refractivity contribution in [1.82, 2.24) is 4.90 Å². The highest BCUT2D eigenvalue weighted by Crippen LogP contribution is 2.32. The molecule has 1 saturated heterocycles. The lowest BCUT2D eigenvalue weighted by atomic mass is 9.97. The van der Waals surface area contributed by atoms with Crippen LogP contribution >= 0.6 is 0 Å². The summed E-state index contributed by atoms with van der Waals surface area (Å²) in [5.74, 6) is -4.99. The lowest BCUT2D eigenvalue weighted by Crippen LogP contribution is -2.53. The van der Waals surface area contributed by atoms with E-state index in [4.69, 9.17) is 5.11 Å². The number of carbonyl (C=O) groups is 2. The van der Waals surface area contributed by atoms with E-state index in [0.29, 0.717) is 5.56 Å². The number of aliphatic carboxylic acids is 1. The van der Waals surface area contributed by atoms with Gasteiger partial charge in [0.25, 0.3) is 11.8 Å². The summed E-state index contributed by atoms with van der Waals surface area (Å²) in [6.07, 6.45) is -1.36. The number of piperidine rings is 1. The van der Waals surface area contributed by atoms with E-state index in [-0.39, 0.29) is 6.54 Å². The topological polar surface area (TPSA) is 60.9 Å². The van der Waals surface area contributed by atoms with Gasteiger partial charge in [-0.1, -0.05) is 0 Å². The molecule has 1 aliphatic heterocycles. The van der Waals surface area contributed by atoms with Gasteiger partial charge in [-0.3, -0.25) is 4.79 Å². The third-order valence-corrected chi connectivity index (χ3v) is 3.76. The number of likely N-dealkylation sites (tertiary alicyclic amines) is 1. The Kier molecular flexibility index (Phi) is 4.35. The molecule has 1 N–H and O–H groups in total. The molecule has 0 aromatic heterocycles. The van der Waals surface area contributed by atoms with Gasteiger partial charge in [0.2, 0.25) is 0 Å². The Morgan fingerprint density at radius 3 is 2.36 bits per heavy atom. The van der Waals surface area contributed by atoms with Crippen molar-refractivity contribution in [2.24, 2.45) is 0 Å². The number of nitrogens with zero attached hydrogens (tertiary/aromatic N) is 2. The van der Waals surface area contributed by atoms with E-state index in [2.05, 4.69) is 0 Å². The van der Waals surface area contributed by atoms with Crippen LogP contribution in [-0.4, -0.2) is 54.5 Å². The first kappa shape index (κ1) is 16.2. The lowest BCUT2D eigenvalue weighted by molar-refractivity contribution is -0.151. The van der Waals surface area contributed by atoms with Crippen LogP contribution in [0.15, 0.2) is 24.3 Å². The molecule has 7 heteroatoms. The number of carboxylic acids is 1. The van der Waals surface area contributed by atoms with Crippen molar-refractivity contribution < 1.29 is 23.5 Å². The van der Waals surface area contributed by atoms with E-state index in [1.54, 1.807) is 24.3 Å². The van der Waals surface area contributed by atoms with Crippen LogP contribution in [0.25, 0.3) is 0 Å². The minimum atomic E-state index is -3.05. The number of halogens is 2. The monoisotopic (exact) mass is 312 g/mol. The maximum atomic E-state index is 13.4. The van der Waals surface area contributed by atoms with Gasteiger partial charge < -0.3 is 14.9 Å². The highest BCUT2D eigenvalue weighted by Gasteiger charge is 2.45. The molecule has 120 valence electrons. The van der Waals surface area contributed by atoms with Gasteiger partial charge in [-0.15, -0.1) is 0 Å². The van der Waals surface area contributed by atoms with Gasteiger partial charge >= 0.3 is 5.97 Å². The zero-order valence-corrected chi connectivity index (χ0v) is 12.4. The van der Waals surface area contributed by atoms with Crippen LogP contribution in [0.1, 0.15) is 23.2 Å². The van der Waals surface area contributed by atoms with Gasteiger partial charge in [0.1, 0.15) is 6.04 Å². The summed E-state index contributed by atoms with van der Waals surface area (Å²) in [6, 6.07) is 5.10. The largest absolute Gasteiger partial charge is 0.480 e. The zero-order chi connectivity index (χ0) is 16.5. The Morgan fingerprint density at radius 2 is 1.86 bits per heavy atom. The first-order valence-electron chi connectivity index (χ1n) is 6.90. The average Bonchev–Trinajstić information content (AvgIpc) is 2.45. The smallest absolute Gasteiger partial charge is 0.326 e. The molecule has 0 spiro atoms. The van der Waals surface area contributed by atoms with Crippen molar-refractivity contribution in [2.75, 3.05) is 25.5 Å². The van der Waals surface area contributed by atoms with E-state index < -0.39 is 36.7 Å². The third kappa shape index (κ3) is 3.35. The lowest BCUT2D eigenvalue weighted by Gasteiger charge is -2.37. The second-order valence-electron chi connectivity index (χ2n) is 5.60. The van der Waals surface area contributed by atoms with Crippen LogP contribution in [0.2, 0.25) is 0 Å². The average molecular weight is 312 g/mol. The number of amides is 1. The summed E-state index contributed by atoms with van der Waals surface area (Å²) in [5.41, 5.74) is 1.18. The Morgan fingerprint density at radius 1 is 1.27 bits per heavy atom. The minimum Gasteiger partial charge on any atom is -0.480 e. The Balaban J connectivity index is 2.21. The zero-order valence-electron chi connectivity index (χ0n) is 12.4. The van der Waals surface area contributed by atoms with Gasteiger partial charge in [0, 0.05) is 44.7 Å². The van der Waals surface area contributed by atoms with Crippen LogP contribution < -0.4 is 4.90 Å². The summed E-state index contributed by atoms with van der Waals surface area (Å²) in [7, 11) is 3.70. The number of benzene rings is 1. The van der Waals surface area contributed by atoms with E-state index in [1.807, 2.05) is 19.0 Å². The summed E-state index contributed by atoms with van der Waals surface area (Å²) in [4.78, 5) is 26.5. The first-order valence-corrected chi connectivity index (χ1v) is 6.90. The molecule has 1 aromatic carbocycles. The van der Waals surface area contributed by atoms with Crippen LogP contribution in [-0.2, 0) is 4.79 Å². The molecule has 2 rings (SSSR count). The number of rotatable bonds is 3. The van der Waals surface area contributed by atoms with Gasteiger partial charge in [-0.05, 0) is 24.3 Å². The summed E-state index contributed by atoms with van der Waals surface area (Å²) in [5, 5.41) is 9.12. The van der Waals surface area contributed by atoms with Gasteiger partial charge in [0.05, 0.1) is 0 Å². The van der Waals surface area contributed by atoms with Crippen LogP contribution in [0.5, 0.6) is 0 Å². The van der Waals surface area contributed by atoms with Crippen molar-refractivity contribution in [3.63, 3.8) is 0 Å². The van der Waals surface area contributed by atoms with Crippen molar-refractivity contribution in [2.45, 2.75) is 24.8 Å². The predicted molar refractivity (Wildman–Crippen MR) is 77.4 cm³/mol. The number of hydrogen-bond acceptors (Lipinski definition) is 3. The molecule has 1 heterocycles. The molecule has 1 amide bonds. The molecule has 0 radical (unpaired) electrons. The van der Waals surface area contributed by atoms with E-state index in [1.165, 1.54) is 0 Å². The van der Waals surface area contributed by atoms with Gasteiger partial charge in [-0.25, -0.2) is 13.6 Å². The molecule has 1 aliphatic rings. The molecule has 0 bridgehead atoms. The van der Waals surface area contributed by atoms with E-state index >= 15 is 0 Å². The van der Waals surface area contributed by atoms with Crippen molar-refractivity contribution in [1.29, 1.82) is 0 Å². The highest BCUT2D eigenvalue weighted by molar-refractivity contribution is 5.97. The Hall–Kier alpha value is -2.18. The van der Waals surface area contributed by atoms with Crippen molar-refractivity contribution in [3.8, 4) is 0 Å². The normalized spacial score (nSPS) is 20.5. The van der Waals surface area contributed by atoms with Crippen molar-refractivity contribution in [3.05, 3.63) is 29.8 Å². The summed E-state index contributed by atoms with van der Waals surface area (Å²) < 4.78 is 26.8. The number of carboxylic acid groups (broad SMARTS) is 1. The molecule has 22 heavy (non-hydrogen) atoms. The van der Waals surface area contributed by atoms with Gasteiger partial charge in [0.15, 0.2) is 0 Å². The first-order chi connectivity index (χ1) is 10.2. The molecule has 1 unspecified atom stereocenters. The van der Waals surface area contributed by atoms with Crippen molar-refractivity contribution >= 4 is 17.6 Å². The Labute approximate surface area is 127 Å². The third-order valence-electron chi connectivity index (χ3n) is 3.76. The molecule has 1 atom stereocenters. The molecule has 0 aliphatic carbocycles. The SMILES string of the molecule is CN(C)c1ccc(C(=O)N2CCC(F)(F)CC2C(=O)O)cc1. The maximum Gasteiger partial charge on any atom is 0.326 e. The number of hydrogen-bond donors (Lipinski definition) is 1. The fourth-order valence-corrected chi connectivity index (χ4v) is 2.47. The Bertz CT molecular complexity index is 573. The predicted octanol–water partition coefficient (Wildman–Crippen LogP) is 2.08. The van der Waals surface area contributed by atoms with Gasteiger partial charge in [-0.2, -0.15) is 0 Å². The highest BCUT2D eigenvalue weighted by atomic mass is 19.3. The second-order valence-corrected chi connectivity index (χ2v) is 5.60. The molecule has 1 aromatic rings. The molecule has 5 nitrogen and oxygen atoms in total. The number of carbonyl (C=O) groups excluding carboxylic acids is 1. The molecule has 0 saturated carbocycles. The molecular weight excluding hydrogens is 294 g/mol. The second kappa shape index (κ2) is 5.90. The van der Waals surface area contributed by atoms with Crippen LogP contribution in [0, 0.1) is 0 Å². The van der Waals surface area contributed by atoms with E-state index in [9.17, 15) is 18.4 Å². The van der Waals surface area contributed by atoms with Crippen LogP contribution in [0.4, 0.5) is 14.5 Å². The summed E-state index contributed by atoms with van der Waals surface area (Å²) >= 11 is 0. The number of anilines is 1. The molecule has 1 fully saturated rings. The fourth-order valence-electron chi connectivity index (χ4n) is 2.47. The minimum absolute atomic E-state index is 0.266. The summed E-state index contributed by atoms with van der Waals surface area (Å²) in [6.45, 7) is -0.266. The van der Waals surface area contributed by atoms with E-state index in [0.717, 1.165) is 10.6 Å². The van der Waals surface area contributed by atoms with Crippen LogP contribution in [0.3, 0.4) is 0 Å². The number of alkyl halides is 2. The fraction of sp³-hybridized carbons (Fsp3) is 0.467. The maximum absolute atomic E-state index is 13.4. The quantitative estimate of drug-likeness (QED) is 0.928. The molecular formula is C15H18F2N2O3. The standard InChI is InChI=1S/C15H18F2N2O3/c1-18(2)11-5-3-10(4-6-11)13(20)19-8-7-15(16,17)9-12(19)14(21)22/h3-6,12H,7-9H2,1-2H3,(H,21,22).